The van der Waals surface area contributed by atoms with Gasteiger partial charge in [-0.25, -0.2) is 14.2 Å². The van der Waals surface area contributed by atoms with Crippen molar-refractivity contribution in [3.8, 4) is 17.3 Å². The van der Waals surface area contributed by atoms with Gasteiger partial charge in [0.1, 0.15) is 12.4 Å². The number of benzene rings is 3. The normalized spacial score (nSPS) is 10.5. The molecule has 1 heterocycles. The van der Waals surface area contributed by atoms with E-state index in [1.54, 1.807) is 42.5 Å². The number of ether oxygens (including phenoxy) is 1. The number of hydrogen-bond donors (Lipinski definition) is 0. The van der Waals surface area contributed by atoms with E-state index in [1.165, 1.54) is 12.1 Å². The van der Waals surface area contributed by atoms with Crippen LogP contribution in [0.4, 0.5) is 4.39 Å². The van der Waals surface area contributed by atoms with Crippen LogP contribution in [0, 0.1) is 17.1 Å². The predicted octanol–water partition coefficient (Wildman–Crippen LogP) is 5.27. The highest BCUT2D eigenvalue weighted by Crippen LogP contribution is 2.26. The lowest BCUT2D eigenvalue weighted by molar-refractivity contribution is 0.0475. The molecule has 0 unspecified atom stereocenters. The van der Waals surface area contributed by atoms with E-state index >= 15 is 0 Å². The monoisotopic (exact) mass is 382 g/mol. The summed E-state index contributed by atoms with van der Waals surface area (Å²) >= 11 is 0. The Morgan fingerprint density at radius 1 is 1.00 bits per heavy atom. The molecule has 0 saturated heterocycles. The van der Waals surface area contributed by atoms with Gasteiger partial charge in [0.05, 0.1) is 28.4 Å². The van der Waals surface area contributed by atoms with Crippen molar-refractivity contribution in [2.24, 2.45) is 0 Å². The average Bonchev–Trinajstić information content (AvgIpc) is 2.77. The Bertz CT molecular complexity index is 1230. The summed E-state index contributed by atoms with van der Waals surface area (Å²) in [7, 11) is 0. The summed E-state index contributed by atoms with van der Waals surface area (Å²) in [6, 6.07) is 23.8. The first-order valence-corrected chi connectivity index (χ1v) is 8.96. The van der Waals surface area contributed by atoms with Crippen LogP contribution in [0.5, 0.6) is 0 Å². The van der Waals surface area contributed by atoms with Gasteiger partial charge >= 0.3 is 5.97 Å². The third kappa shape index (κ3) is 3.97. The largest absolute Gasteiger partial charge is 0.457 e. The molecule has 5 heteroatoms. The number of aromatic nitrogens is 1. The second-order valence-corrected chi connectivity index (χ2v) is 6.46. The molecule has 0 aliphatic heterocycles. The molecule has 3 aromatic carbocycles. The zero-order valence-electron chi connectivity index (χ0n) is 15.3. The zero-order valence-corrected chi connectivity index (χ0v) is 15.3. The molecule has 0 bridgehead atoms. The lowest BCUT2D eigenvalue weighted by Crippen LogP contribution is -2.07. The summed E-state index contributed by atoms with van der Waals surface area (Å²) in [6.07, 6.45) is 0. The van der Waals surface area contributed by atoms with Crippen molar-refractivity contribution in [1.82, 2.24) is 4.98 Å². The van der Waals surface area contributed by atoms with Gasteiger partial charge in [-0.1, -0.05) is 30.3 Å². The molecule has 0 fully saturated rings. The van der Waals surface area contributed by atoms with Crippen molar-refractivity contribution in [1.29, 1.82) is 5.26 Å². The summed E-state index contributed by atoms with van der Waals surface area (Å²) < 4.78 is 18.8. The fourth-order valence-electron chi connectivity index (χ4n) is 3.01. The van der Waals surface area contributed by atoms with Gasteiger partial charge in [0.25, 0.3) is 0 Å². The standard InChI is InChI=1S/C24H15FN2O2/c25-19-11-9-18(10-12-19)23-13-21(20-3-1-2-4-22(20)27-23)24(28)29-15-17-7-5-16(14-26)6-8-17/h1-13H,15H2. The van der Waals surface area contributed by atoms with Crippen LogP contribution in [0.25, 0.3) is 22.2 Å². The molecular weight excluding hydrogens is 367 g/mol. The third-order valence-corrected chi connectivity index (χ3v) is 4.53. The minimum atomic E-state index is -0.476. The Morgan fingerprint density at radius 3 is 2.45 bits per heavy atom. The SMILES string of the molecule is N#Cc1ccc(COC(=O)c2cc(-c3ccc(F)cc3)nc3ccccc23)cc1. The first-order valence-electron chi connectivity index (χ1n) is 8.96. The topological polar surface area (TPSA) is 63.0 Å². The number of nitrogens with zero attached hydrogens (tertiary/aromatic N) is 2. The van der Waals surface area contributed by atoms with Crippen LogP contribution < -0.4 is 0 Å². The van der Waals surface area contributed by atoms with Crippen molar-refractivity contribution < 1.29 is 13.9 Å². The molecule has 0 amide bonds. The molecule has 4 nitrogen and oxygen atoms in total. The predicted molar refractivity (Wildman–Crippen MR) is 107 cm³/mol. The third-order valence-electron chi connectivity index (χ3n) is 4.53. The van der Waals surface area contributed by atoms with E-state index in [0.717, 1.165) is 5.56 Å². The number of fused-ring (bicyclic) bond motifs is 1. The molecular formula is C24H15FN2O2. The molecule has 29 heavy (non-hydrogen) atoms. The molecule has 0 spiro atoms. The maximum absolute atomic E-state index is 13.3. The maximum Gasteiger partial charge on any atom is 0.339 e. The number of para-hydroxylation sites is 1. The highest BCUT2D eigenvalue weighted by molar-refractivity contribution is 6.04. The first kappa shape index (κ1) is 18.3. The van der Waals surface area contributed by atoms with Crippen molar-refractivity contribution in [3.63, 3.8) is 0 Å². The minimum absolute atomic E-state index is 0.0904. The molecule has 140 valence electrons. The van der Waals surface area contributed by atoms with Gasteiger partial charge in [-0.15, -0.1) is 0 Å². The molecule has 0 atom stereocenters. The van der Waals surface area contributed by atoms with Gasteiger partial charge < -0.3 is 4.74 Å². The molecule has 1 aromatic heterocycles. The Kier molecular flexibility index (Phi) is 5.00. The highest BCUT2D eigenvalue weighted by atomic mass is 19.1. The quantitative estimate of drug-likeness (QED) is 0.451. The van der Waals surface area contributed by atoms with Crippen molar-refractivity contribution >= 4 is 16.9 Å². The number of pyridine rings is 1. The van der Waals surface area contributed by atoms with Gasteiger partial charge in [-0.3, -0.25) is 0 Å². The van der Waals surface area contributed by atoms with Crippen molar-refractivity contribution in [2.75, 3.05) is 0 Å². The van der Waals surface area contributed by atoms with Crippen LogP contribution in [0.15, 0.2) is 78.9 Å². The van der Waals surface area contributed by atoms with Crippen LogP contribution in [-0.2, 0) is 11.3 Å². The summed E-state index contributed by atoms with van der Waals surface area (Å²) in [5.41, 5.74) is 3.65. The number of nitriles is 1. The smallest absolute Gasteiger partial charge is 0.339 e. The first-order chi connectivity index (χ1) is 14.1. The number of hydrogen-bond acceptors (Lipinski definition) is 4. The highest BCUT2D eigenvalue weighted by Gasteiger charge is 2.15. The van der Waals surface area contributed by atoms with Crippen LogP contribution in [0.3, 0.4) is 0 Å². The molecule has 0 aliphatic carbocycles. The lowest BCUT2D eigenvalue weighted by Gasteiger charge is -2.10. The van der Waals surface area contributed by atoms with Crippen molar-refractivity contribution in [3.05, 3.63) is 101 Å². The van der Waals surface area contributed by atoms with Gasteiger partial charge in [0, 0.05) is 10.9 Å². The summed E-state index contributed by atoms with van der Waals surface area (Å²) in [6.45, 7) is 0.0904. The van der Waals surface area contributed by atoms with E-state index in [-0.39, 0.29) is 12.4 Å². The van der Waals surface area contributed by atoms with E-state index in [0.29, 0.717) is 33.3 Å². The Hall–Kier alpha value is -4.04. The van der Waals surface area contributed by atoms with Crippen molar-refractivity contribution in [2.45, 2.75) is 6.61 Å². The van der Waals surface area contributed by atoms with E-state index in [9.17, 15) is 9.18 Å². The Balaban J connectivity index is 1.66. The molecule has 4 aromatic rings. The molecule has 0 saturated carbocycles. The second-order valence-electron chi connectivity index (χ2n) is 6.46. The van der Waals surface area contributed by atoms with Crippen LogP contribution in [0.2, 0.25) is 0 Å². The average molecular weight is 382 g/mol. The Labute approximate surface area is 166 Å². The maximum atomic E-state index is 13.3. The fraction of sp³-hybridized carbons (Fsp3) is 0.0417. The number of esters is 1. The molecule has 0 aliphatic rings. The van der Waals surface area contributed by atoms with Gasteiger partial charge in [-0.2, -0.15) is 5.26 Å². The zero-order chi connectivity index (χ0) is 20.2. The molecule has 0 radical (unpaired) electrons. The number of carbonyl (C=O) groups excluding carboxylic acids is 1. The Morgan fingerprint density at radius 2 is 1.72 bits per heavy atom. The van der Waals surface area contributed by atoms with E-state index in [2.05, 4.69) is 11.1 Å². The number of halogens is 1. The van der Waals surface area contributed by atoms with Crippen LogP contribution >= 0.6 is 0 Å². The van der Waals surface area contributed by atoms with Crippen LogP contribution in [0.1, 0.15) is 21.5 Å². The summed E-state index contributed by atoms with van der Waals surface area (Å²) in [5.74, 6) is -0.812. The lowest BCUT2D eigenvalue weighted by atomic mass is 10.0. The van der Waals surface area contributed by atoms with E-state index in [4.69, 9.17) is 10.00 Å². The summed E-state index contributed by atoms with van der Waals surface area (Å²) in [4.78, 5) is 17.4. The van der Waals surface area contributed by atoms with Gasteiger partial charge in [-0.05, 0) is 54.1 Å². The van der Waals surface area contributed by atoms with E-state index < -0.39 is 5.97 Å². The molecule has 0 N–H and O–H groups in total. The van der Waals surface area contributed by atoms with Gasteiger partial charge in [0.15, 0.2) is 0 Å². The second kappa shape index (κ2) is 7.91. The van der Waals surface area contributed by atoms with E-state index in [1.807, 2.05) is 24.3 Å². The number of carbonyl (C=O) groups is 1. The molecule has 4 rings (SSSR count). The van der Waals surface area contributed by atoms with Gasteiger partial charge in [0.2, 0.25) is 0 Å². The fourth-order valence-corrected chi connectivity index (χ4v) is 3.01. The minimum Gasteiger partial charge on any atom is -0.457 e. The number of rotatable bonds is 4. The van der Waals surface area contributed by atoms with Crippen LogP contribution in [-0.4, -0.2) is 11.0 Å². The summed E-state index contributed by atoms with van der Waals surface area (Å²) in [5, 5.41) is 9.55.